The number of piperidine rings is 1. The quantitative estimate of drug-likeness (QED) is 0.623. The number of benzene rings is 1. The molecular weight excluding hydrogens is 476 g/mol. The van der Waals surface area contributed by atoms with Gasteiger partial charge in [-0.3, -0.25) is 9.69 Å². The predicted molar refractivity (Wildman–Crippen MR) is 140 cm³/mol. The molecule has 0 unspecified atom stereocenters. The van der Waals surface area contributed by atoms with Crippen LogP contribution in [0.15, 0.2) is 12.1 Å². The molecule has 2 aliphatic heterocycles. The van der Waals surface area contributed by atoms with E-state index < -0.39 is 11.0 Å². The number of aromatic hydroxyl groups is 1. The molecule has 2 bridgehead atoms. The van der Waals surface area contributed by atoms with Gasteiger partial charge >= 0.3 is 0 Å². The van der Waals surface area contributed by atoms with Gasteiger partial charge in [-0.05, 0) is 82.4 Å². The van der Waals surface area contributed by atoms with Crippen LogP contribution in [0.2, 0.25) is 0 Å². The second-order valence-electron chi connectivity index (χ2n) is 12.8. The Kier molecular flexibility index (Phi) is 5.69. The molecule has 4 fully saturated rings. The zero-order valence-electron chi connectivity index (χ0n) is 21.7. The number of nitrogens with zero attached hydrogens (tertiary/aromatic N) is 2. The smallest absolute Gasteiger partial charge is 0.220 e. The van der Waals surface area contributed by atoms with Crippen LogP contribution < -0.4 is 4.74 Å². The Bertz CT molecular complexity index is 1070. The molecule has 4 aliphatic carbocycles. The fourth-order valence-electron chi connectivity index (χ4n) is 9.29. The Morgan fingerprint density at radius 1 is 1.14 bits per heavy atom. The summed E-state index contributed by atoms with van der Waals surface area (Å²) in [4.78, 5) is 18.0. The normalized spacial score (nSPS) is 37.9. The lowest BCUT2D eigenvalue weighted by Crippen LogP contribution is -2.79. The van der Waals surface area contributed by atoms with Crippen molar-refractivity contribution in [3.8, 4) is 11.5 Å². The van der Waals surface area contributed by atoms with Gasteiger partial charge in [0.1, 0.15) is 6.10 Å². The van der Waals surface area contributed by atoms with Crippen LogP contribution >= 0.6 is 12.4 Å². The molecule has 5 atom stereocenters. The fraction of sp³-hybridized carbons (Fsp3) is 0.759. The van der Waals surface area contributed by atoms with Crippen molar-refractivity contribution in [3.05, 3.63) is 23.3 Å². The van der Waals surface area contributed by atoms with Crippen LogP contribution in [0.5, 0.6) is 11.5 Å². The van der Waals surface area contributed by atoms with Gasteiger partial charge < -0.3 is 19.8 Å². The number of ether oxygens (including phenoxy) is 1. The standard InChI is InChI=1S/C29H40N2O4.ClH/c1-18(32)31(27(2)11-4-3-5-12-27)21-10-13-29(34)23-16-20-8-9-22(33)25-24(20)28(29,26(21)35-25)14-15-30(23)17-19-6-7-19;/h8-9,19,21,23,26,33-34H,3-7,10-17H2,1-2H3;1H/t21-,23+,26-,28-,29+;/m0./s1. The lowest BCUT2D eigenvalue weighted by Gasteiger charge is -2.65. The van der Waals surface area contributed by atoms with E-state index in [-0.39, 0.29) is 47.8 Å². The van der Waals surface area contributed by atoms with Gasteiger partial charge in [0.25, 0.3) is 0 Å². The summed E-state index contributed by atoms with van der Waals surface area (Å²) in [5.41, 5.74) is 0.623. The number of phenols is 1. The largest absolute Gasteiger partial charge is 0.504 e. The van der Waals surface area contributed by atoms with Crippen molar-refractivity contribution < 1.29 is 19.7 Å². The maximum atomic E-state index is 13.3. The van der Waals surface area contributed by atoms with Crippen molar-refractivity contribution in [1.29, 1.82) is 0 Å². The second kappa shape index (κ2) is 8.25. The molecule has 0 aromatic heterocycles. The summed E-state index contributed by atoms with van der Waals surface area (Å²) >= 11 is 0. The summed E-state index contributed by atoms with van der Waals surface area (Å²) in [6.07, 6.45) is 10.9. The van der Waals surface area contributed by atoms with Crippen LogP contribution in [0.25, 0.3) is 0 Å². The molecule has 2 heterocycles. The third-order valence-electron chi connectivity index (χ3n) is 10.9. The van der Waals surface area contributed by atoms with E-state index in [0.29, 0.717) is 12.2 Å². The Morgan fingerprint density at radius 3 is 2.58 bits per heavy atom. The van der Waals surface area contributed by atoms with Gasteiger partial charge in [0.2, 0.25) is 5.91 Å². The molecular formula is C29H41ClN2O4. The summed E-state index contributed by atoms with van der Waals surface area (Å²) < 4.78 is 6.76. The Labute approximate surface area is 220 Å². The van der Waals surface area contributed by atoms with Crippen LogP contribution in [0.1, 0.15) is 89.2 Å². The van der Waals surface area contributed by atoms with Crippen molar-refractivity contribution in [1.82, 2.24) is 9.80 Å². The third kappa shape index (κ3) is 3.13. The molecule has 7 heteroatoms. The van der Waals surface area contributed by atoms with E-state index >= 15 is 0 Å². The molecule has 3 saturated carbocycles. The number of likely N-dealkylation sites (tertiary alicyclic amines) is 1. The lowest BCUT2D eigenvalue weighted by atomic mass is 9.48. The summed E-state index contributed by atoms with van der Waals surface area (Å²) in [6, 6.07) is 3.81. The van der Waals surface area contributed by atoms with Crippen LogP contribution in [0.3, 0.4) is 0 Å². The zero-order valence-corrected chi connectivity index (χ0v) is 22.5. The van der Waals surface area contributed by atoms with E-state index in [1.54, 1.807) is 13.0 Å². The molecule has 1 spiro atoms. The SMILES string of the molecule is CC(=O)N([C@H]1CC[C@@]2(O)[C@H]3Cc4ccc(O)c5c4[C@@]2(CCN3CC2CC2)[C@H]1O5)C1(C)CCCCC1.Cl. The first-order chi connectivity index (χ1) is 16.8. The first kappa shape index (κ1) is 24.8. The van der Waals surface area contributed by atoms with Gasteiger partial charge in [-0.15, -0.1) is 12.4 Å². The number of halogens is 1. The van der Waals surface area contributed by atoms with E-state index in [1.807, 2.05) is 0 Å². The van der Waals surface area contributed by atoms with Crippen molar-refractivity contribution in [2.45, 2.75) is 119 Å². The molecule has 7 rings (SSSR count). The van der Waals surface area contributed by atoms with Gasteiger partial charge in [0, 0.05) is 30.6 Å². The van der Waals surface area contributed by atoms with Crippen molar-refractivity contribution in [3.63, 3.8) is 0 Å². The predicted octanol–water partition coefficient (Wildman–Crippen LogP) is 4.32. The highest BCUT2D eigenvalue weighted by molar-refractivity contribution is 5.85. The Hall–Kier alpha value is -1.50. The van der Waals surface area contributed by atoms with E-state index in [4.69, 9.17) is 4.74 Å². The molecule has 6 nitrogen and oxygen atoms in total. The van der Waals surface area contributed by atoms with Crippen LogP contribution in [0, 0.1) is 5.92 Å². The minimum atomic E-state index is -0.900. The first-order valence-electron chi connectivity index (χ1n) is 14.1. The molecule has 1 aromatic rings. The molecule has 0 radical (unpaired) electrons. The monoisotopic (exact) mass is 516 g/mol. The summed E-state index contributed by atoms with van der Waals surface area (Å²) in [6.45, 7) is 6.00. The van der Waals surface area contributed by atoms with Gasteiger partial charge in [0.05, 0.1) is 17.1 Å². The number of hydrogen-bond acceptors (Lipinski definition) is 5. The molecule has 1 saturated heterocycles. The highest BCUT2D eigenvalue weighted by Crippen LogP contribution is 2.66. The van der Waals surface area contributed by atoms with Gasteiger partial charge in [-0.1, -0.05) is 25.3 Å². The number of amides is 1. The number of phenolic OH excluding ortho intramolecular Hbond substituents is 1. The lowest BCUT2D eigenvalue weighted by molar-refractivity contribution is -0.208. The number of aliphatic hydroxyl groups is 1. The van der Waals surface area contributed by atoms with Crippen LogP contribution in [-0.2, 0) is 16.6 Å². The summed E-state index contributed by atoms with van der Waals surface area (Å²) in [5.74, 6) is 1.63. The second-order valence-corrected chi connectivity index (χ2v) is 12.8. The minimum Gasteiger partial charge on any atom is -0.504 e. The zero-order chi connectivity index (χ0) is 24.2. The van der Waals surface area contributed by atoms with Gasteiger partial charge in [0.15, 0.2) is 11.5 Å². The Balaban J connectivity index is 0.00000240. The average Bonchev–Trinajstić information content (AvgIpc) is 3.56. The maximum Gasteiger partial charge on any atom is 0.220 e. The van der Waals surface area contributed by atoms with Crippen LogP contribution in [-0.4, -0.2) is 68.3 Å². The molecule has 1 aromatic carbocycles. The number of carbonyl (C=O) groups excluding carboxylic acids is 1. The highest BCUT2D eigenvalue weighted by Gasteiger charge is 2.74. The van der Waals surface area contributed by atoms with Crippen molar-refractivity contribution >= 4 is 18.3 Å². The number of hydrogen-bond donors (Lipinski definition) is 2. The van der Waals surface area contributed by atoms with Crippen LogP contribution in [0.4, 0.5) is 0 Å². The molecule has 36 heavy (non-hydrogen) atoms. The molecule has 2 N–H and O–H groups in total. The third-order valence-corrected chi connectivity index (χ3v) is 10.9. The molecule has 6 aliphatic rings. The molecule has 198 valence electrons. The van der Waals surface area contributed by atoms with Gasteiger partial charge in [-0.2, -0.15) is 0 Å². The highest BCUT2D eigenvalue weighted by atomic mass is 35.5. The molecule has 1 amide bonds. The number of rotatable bonds is 4. The Morgan fingerprint density at radius 2 is 1.89 bits per heavy atom. The van der Waals surface area contributed by atoms with E-state index in [1.165, 1.54) is 24.8 Å². The van der Waals surface area contributed by atoms with Gasteiger partial charge in [-0.25, -0.2) is 0 Å². The van der Waals surface area contributed by atoms with Crippen molar-refractivity contribution in [2.24, 2.45) is 5.92 Å². The fourth-order valence-corrected chi connectivity index (χ4v) is 9.29. The number of carbonyl (C=O) groups is 1. The van der Waals surface area contributed by atoms with E-state index in [9.17, 15) is 15.0 Å². The van der Waals surface area contributed by atoms with Crippen molar-refractivity contribution in [2.75, 3.05) is 13.1 Å². The summed E-state index contributed by atoms with van der Waals surface area (Å²) in [7, 11) is 0. The first-order valence-corrected chi connectivity index (χ1v) is 14.1. The minimum absolute atomic E-state index is 0. The average molecular weight is 517 g/mol. The summed E-state index contributed by atoms with van der Waals surface area (Å²) in [5, 5.41) is 23.6. The topological polar surface area (TPSA) is 73.2 Å². The van der Waals surface area contributed by atoms with E-state index in [0.717, 1.165) is 69.5 Å². The van der Waals surface area contributed by atoms with E-state index in [2.05, 4.69) is 22.8 Å². The maximum absolute atomic E-state index is 13.3.